The van der Waals surface area contributed by atoms with Crippen LogP contribution in [-0.2, 0) is 4.79 Å². The molecule has 0 radical (unpaired) electrons. The third kappa shape index (κ3) is 6.73. The van der Waals surface area contributed by atoms with Crippen molar-refractivity contribution in [2.45, 2.75) is 32.7 Å². The normalized spacial score (nSPS) is 11.6. The molecule has 4 heteroatoms. The molecule has 0 aromatic heterocycles. The maximum atomic E-state index is 11.9. The highest BCUT2D eigenvalue weighted by molar-refractivity contribution is 5.76. The molecule has 1 amide bonds. The van der Waals surface area contributed by atoms with Crippen molar-refractivity contribution in [3.05, 3.63) is 60.2 Å². The van der Waals surface area contributed by atoms with E-state index < -0.39 is 0 Å². The highest BCUT2D eigenvalue weighted by atomic mass is 16.5. The molecule has 2 aromatic rings. The number of amides is 1. The lowest BCUT2D eigenvalue weighted by Gasteiger charge is -2.15. The van der Waals surface area contributed by atoms with E-state index >= 15 is 0 Å². The second kappa shape index (κ2) is 9.60. The van der Waals surface area contributed by atoms with Crippen LogP contribution in [0.5, 0.6) is 11.5 Å². The number of hydrogen-bond donors (Lipinski definition) is 1. The summed E-state index contributed by atoms with van der Waals surface area (Å²) in [6.45, 7) is 4.96. The molecule has 0 aliphatic carbocycles. The number of aryl methyl sites for hydroxylation is 1. The summed E-state index contributed by atoms with van der Waals surface area (Å²) in [4.78, 5) is 11.9. The van der Waals surface area contributed by atoms with Crippen LogP contribution in [0, 0.1) is 6.92 Å². The second-order valence-corrected chi connectivity index (χ2v) is 5.86. The number of para-hydroxylation sites is 1. The van der Waals surface area contributed by atoms with Gasteiger partial charge in [0, 0.05) is 6.42 Å². The van der Waals surface area contributed by atoms with Crippen LogP contribution in [0.15, 0.2) is 54.6 Å². The molecule has 0 aliphatic heterocycles. The van der Waals surface area contributed by atoms with Crippen molar-refractivity contribution in [1.29, 1.82) is 0 Å². The van der Waals surface area contributed by atoms with Crippen molar-refractivity contribution in [2.24, 2.45) is 0 Å². The molecule has 0 bridgehead atoms. The lowest BCUT2D eigenvalue weighted by atomic mass is 10.2. The SMILES string of the molecule is Cc1ccc(OCC(C)NC(=O)CCCOc2ccccc2)cc1. The van der Waals surface area contributed by atoms with E-state index in [1.54, 1.807) is 0 Å². The number of hydrogen-bond acceptors (Lipinski definition) is 3. The van der Waals surface area contributed by atoms with E-state index in [4.69, 9.17) is 9.47 Å². The van der Waals surface area contributed by atoms with Crippen LogP contribution < -0.4 is 14.8 Å². The number of ether oxygens (including phenoxy) is 2. The number of nitrogens with one attached hydrogen (secondary N) is 1. The van der Waals surface area contributed by atoms with Crippen LogP contribution >= 0.6 is 0 Å². The third-order valence-electron chi connectivity index (χ3n) is 3.49. The average molecular weight is 327 g/mol. The molecule has 0 fully saturated rings. The number of carbonyl (C=O) groups is 1. The summed E-state index contributed by atoms with van der Waals surface area (Å²) < 4.78 is 11.2. The molecule has 1 atom stereocenters. The van der Waals surface area contributed by atoms with E-state index in [9.17, 15) is 4.79 Å². The smallest absolute Gasteiger partial charge is 0.220 e. The lowest BCUT2D eigenvalue weighted by Crippen LogP contribution is -2.36. The van der Waals surface area contributed by atoms with Crippen molar-refractivity contribution in [3.8, 4) is 11.5 Å². The van der Waals surface area contributed by atoms with Gasteiger partial charge in [0.15, 0.2) is 0 Å². The van der Waals surface area contributed by atoms with Gasteiger partial charge >= 0.3 is 0 Å². The van der Waals surface area contributed by atoms with Gasteiger partial charge in [0.2, 0.25) is 5.91 Å². The molecule has 1 N–H and O–H groups in total. The minimum absolute atomic E-state index is 0.0201. The summed E-state index contributed by atoms with van der Waals surface area (Å²) in [5.41, 5.74) is 1.20. The monoisotopic (exact) mass is 327 g/mol. The molecule has 2 rings (SSSR count). The first-order chi connectivity index (χ1) is 11.6. The van der Waals surface area contributed by atoms with Crippen LogP contribution in [0.4, 0.5) is 0 Å². The fourth-order valence-electron chi connectivity index (χ4n) is 2.18. The van der Waals surface area contributed by atoms with Crippen LogP contribution in [0.1, 0.15) is 25.3 Å². The summed E-state index contributed by atoms with van der Waals surface area (Å²) in [6, 6.07) is 17.5. The highest BCUT2D eigenvalue weighted by Crippen LogP contribution is 2.11. The minimum atomic E-state index is -0.0335. The minimum Gasteiger partial charge on any atom is -0.494 e. The Morgan fingerprint density at radius 2 is 1.67 bits per heavy atom. The molecule has 4 nitrogen and oxygen atoms in total. The Kier molecular flexibility index (Phi) is 7.15. The zero-order chi connectivity index (χ0) is 17.2. The largest absolute Gasteiger partial charge is 0.494 e. The first kappa shape index (κ1) is 17.9. The van der Waals surface area contributed by atoms with Gasteiger partial charge in [-0.2, -0.15) is 0 Å². The van der Waals surface area contributed by atoms with E-state index in [0.717, 1.165) is 11.5 Å². The maximum Gasteiger partial charge on any atom is 0.220 e. The van der Waals surface area contributed by atoms with Crippen LogP contribution in [0.25, 0.3) is 0 Å². The molecule has 2 aromatic carbocycles. The van der Waals surface area contributed by atoms with E-state index in [1.165, 1.54) is 5.56 Å². The zero-order valence-electron chi connectivity index (χ0n) is 14.3. The van der Waals surface area contributed by atoms with Crippen molar-refractivity contribution in [3.63, 3.8) is 0 Å². The molecular formula is C20H25NO3. The van der Waals surface area contributed by atoms with E-state index in [0.29, 0.717) is 26.1 Å². The molecule has 0 spiro atoms. The zero-order valence-corrected chi connectivity index (χ0v) is 14.3. The average Bonchev–Trinajstić information content (AvgIpc) is 2.59. The van der Waals surface area contributed by atoms with Crippen molar-refractivity contribution in [2.75, 3.05) is 13.2 Å². The first-order valence-electron chi connectivity index (χ1n) is 8.30. The molecular weight excluding hydrogens is 302 g/mol. The quantitative estimate of drug-likeness (QED) is 0.714. The highest BCUT2D eigenvalue weighted by Gasteiger charge is 2.08. The fraction of sp³-hybridized carbons (Fsp3) is 0.350. The molecule has 24 heavy (non-hydrogen) atoms. The second-order valence-electron chi connectivity index (χ2n) is 5.86. The Balaban J connectivity index is 1.58. The van der Waals surface area contributed by atoms with Crippen molar-refractivity contribution < 1.29 is 14.3 Å². The van der Waals surface area contributed by atoms with Gasteiger partial charge in [-0.3, -0.25) is 4.79 Å². The molecule has 128 valence electrons. The molecule has 0 heterocycles. The summed E-state index contributed by atoms with van der Waals surface area (Å²) in [5, 5.41) is 2.94. The van der Waals surface area contributed by atoms with Crippen molar-refractivity contribution >= 4 is 5.91 Å². The fourth-order valence-corrected chi connectivity index (χ4v) is 2.18. The molecule has 0 aliphatic rings. The maximum absolute atomic E-state index is 11.9. The number of carbonyl (C=O) groups excluding carboxylic acids is 1. The van der Waals surface area contributed by atoms with Crippen LogP contribution in [-0.4, -0.2) is 25.2 Å². The van der Waals surface area contributed by atoms with Gasteiger partial charge in [-0.25, -0.2) is 0 Å². The summed E-state index contributed by atoms with van der Waals surface area (Å²) >= 11 is 0. The Morgan fingerprint density at radius 1 is 1.00 bits per heavy atom. The lowest BCUT2D eigenvalue weighted by molar-refractivity contribution is -0.122. The summed E-state index contributed by atoms with van der Waals surface area (Å²) in [7, 11) is 0. The van der Waals surface area contributed by atoms with Crippen molar-refractivity contribution in [1.82, 2.24) is 5.32 Å². The predicted molar refractivity (Wildman–Crippen MR) is 95.4 cm³/mol. The third-order valence-corrected chi connectivity index (χ3v) is 3.49. The topological polar surface area (TPSA) is 47.6 Å². The van der Waals surface area contributed by atoms with Gasteiger partial charge in [0.25, 0.3) is 0 Å². The summed E-state index contributed by atoms with van der Waals surface area (Å²) in [6.07, 6.45) is 1.13. The van der Waals surface area contributed by atoms with Gasteiger partial charge in [-0.15, -0.1) is 0 Å². The Bertz CT molecular complexity index is 611. The van der Waals surface area contributed by atoms with E-state index in [1.807, 2.05) is 68.4 Å². The molecule has 1 unspecified atom stereocenters. The van der Waals surface area contributed by atoms with E-state index in [-0.39, 0.29) is 11.9 Å². The number of benzene rings is 2. The standard InChI is InChI=1S/C20H25NO3/c1-16-10-12-19(13-11-16)24-15-17(2)21-20(22)9-6-14-23-18-7-4-3-5-8-18/h3-5,7-8,10-13,17H,6,9,14-15H2,1-2H3,(H,21,22). The van der Waals surface area contributed by atoms with Gasteiger partial charge in [-0.05, 0) is 44.5 Å². The predicted octanol–water partition coefficient (Wildman–Crippen LogP) is 3.74. The summed E-state index contributed by atoms with van der Waals surface area (Å²) in [5.74, 6) is 1.67. The van der Waals surface area contributed by atoms with Gasteiger partial charge in [0.1, 0.15) is 18.1 Å². The van der Waals surface area contributed by atoms with Gasteiger partial charge in [0.05, 0.1) is 12.6 Å². The molecule has 0 saturated heterocycles. The first-order valence-corrected chi connectivity index (χ1v) is 8.30. The Labute approximate surface area is 143 Å². The van der Waals surface area contributed by atoms with Gasteiger partial charge in [-0.1, -0.05) is 35.9 Å². The van der Waals surface area contributed by atoms with Crippen LogP contribution in [0.3, 0.4) is 0 Å². The van der Waals surface area contributed by atoms with Crippen LogP contribution in [0.2, 0.25) is 0 Å². The molecule has 0 saturated carbocycles. The number of rotatable bonds is 9. The van der Waals surface area contributed by atoms with E-state index in [2.05, 4.69) is 5.32 Å². The van der Waals surface area contributed by atoms with Gasteiger partial charge < -0.3 is 14.8 Å². The Morgan fingerprint density at radius 3 is 2.38 bits per heavy atom. The Hall–Kier alpha value is -2.49.